The molecule has 1 saturated heterocycles. The number of aliphatic hydroxyl groups is 1. The molecule has 2 fully saturated rings. The number of nitrogens with two attached hydrogens (primary N) is 1. The summed E-state index contributed by atoms with van der Waals surface area (Å²) in [6.07, 6.45) is 7.31. The van der Waals surface area contributed by atoms with E-state index in [2.05, 4.69) is 28.5 Å². The van der Waals surface area contributed by atoms with Gasteiger partial charge in [0.2, 0.25) is 0 Å². The van der Waals surface area contributed by atoms with Crippen LogP contribution < -0.4 is 5.73 Å². The van der Waals surface area contributed by atoms with Crippen LogP contribution in [0.4, 0.5) is 0 Å². The molecule has 7 heteroatoms. The van der Waals surface area contributed by atoms with Crippen molar-refractivity contribution in [2.45, 2.75) is 50.7 Å². The van der Waals surface area contributed by atoms with Crippen LogP contribution in [0.1, 0.15) is 59.5 Å². The fourth-order valence-corrected chi connectivity index (χ4v) is 4.53. The van der Waals surface area contributed by atoms with Gasteiger partial charge in [0.1, 0.15) is 12.2 Å². The van der Waals surface area contributed by atoms with E-state index >= 15 is 0 Å². The predicted octanol–water partition coefficient (Wildman–Crippen LogP) is 4.36. The van der Waals surface area contributed by atoms with Gasteiger partial charge in [0, 0.05) is 30.9 Å². The molecule has 0 amide bonds. The first-order valence-corrected chi connectivity index (χ1v) is 11.9. The third kappa shape index (κ3) is 6.32. The second kappa shape index (κ2) is 10.3. The molecule has 0 bridgehead atoms. The number of ether oxygens (including phenoxy) is 2. The highest BCUT2D eigenvalue weighted by Gasteiger charge is 2.38. The molecule has 1 aliphatic heterocycles. The number of hydrogen-bond donors (Lipinski definition) is 2. The van der Waals surface area contributed by atoms with Crippen LogP contribution in [-0.2, 0) is 16.1 Å². The maximum atomic E-state index is 9.93. The van der Waals surface area contributed by atoms with Crippen LogP contribution in [0, 0.1) is 11.8 Å². The van der Waals surface area contributed by atoms with Crippen molar-refractivity contribution in [2.24, 2.45) is 10.7 Å². The van der Waals surface area contributed by atoms with Gasteiger partial charge in [-0.2, -0.15) is 0 Å². The molecular weight excluding hydrogens is 434 g/mol. The Kier molecular flexibility index (Phi) is 7.29. The summed E-state index contributed by atoms with van der Waals surface area (Å²) in [4.78, 5) is 9.59. The van der Waals surface area contributed by atoms with E-state index in [1.807, 2.05) is 43.5 Å². The molecule has 0 spiro atoms. The summed E-state index contributed by atoms with van der Waals surface area (Å²) in [7, 11) is 0. The van der Waals surface area contributed by atoms with E-state index in [-0.39, 0.29) is 5.82 Å². The molecule has 2 aliphatic rings. The lowest BCUT2D eigenvalue weighted by Gasteiger charge is -2.19. The summed E-state index contributed by atoms with van der Waals surface area (Å²) in [5.41, 5.74) is 8.07. The molecule has 0 radical (unpaired) electrons. The second-order valence-corrected chi connectivity index (χ2v) is 9.52. The van der Waals surface area contributed by atoms with Crippen molar-refractivity contribution < 1.29 is 14.6 Å². The van der Waals surface area contributed by atoms with Crippen molar-refractivity contribution in [3.8, 4) is 11.8 Å². The minimum atomic E-state index is -0.796. The summed E-state index contributed by atoms with van der Waals surface area (Å²) < 4.78 is 11.5. The fourth-order valence-electron chi connectivity index (χ4n) is 3.47. The third-order valence-corrected chi connectivity index (χ3v) is 7.03. The SMILES string of the molecule is C=N/C(N)=C(\C=C(/C)c1cnc(C2CCOCC2)s1)OCc1cccc(C#CC2(O)CC2)c1. The van der Waals surface area contributed by atoms with Crippen molar-refractivity contribution in [3.63, 3.8) is 0 Å². The summed E-state index contributed by atoms with van der Waals surface area (Å²) in [5, 5.41) is 11.1. The molecular formula is C26H29N3O3S. The highest BCUT2D eigenvalue weighted by molar-refractivity contribution is 7.12. The number of rotatable bonds is 7. The zero-order chi connectivity index (χ0) is 23.3. The van der Waals surface area contributed by atoms with E-state index in [0.29, 0.717) is 18.3 Å². The highest BCUT2D eigenvalue weighted by Crippen LogP contribution is 2.34. The zero-order valence-corrected chi connectivity index (χ0v) is 19.7. The monoisotopic (exact) mass is 463 g/mol. The molecule has 33 heavy (non-hydrogen) atoms. The molecule has 3 N–H and O–H groups in total. The van der Waals surface area contributed by atoms with Gasteiger partial charge in [0.25, 0.3) is 0 Å². The van der Waals surface area contributed by atoms with Crippen molar-refractivity contribution in [3.05, 3.63) is 69.1 Å². The first-order chi connectivity index (χ1) is 16.0. The number of aromatic nitrogens is 1. The van der Waals surface area contributed by atoms with E-state index < -0.39 is 5.60 Å². The number of thiazole rings is 1. The van der Waals surface area contributed by atoms with Crippen molar-refractivity contribution in [2.75, 3.05) is 13.2 Å². The lowest BCUT2D eigenvalue weighted by Crippen LogP contribution is -2.13. The van der Waals surface area contributed by atoms with Gasteiger partial charge in [-0.15, -0.1) is 11.3 Å². The van der Waals surface area contributed by atoms with Gasteiger partial charge in [0.15, 0.2) is 11.6 Å². The number of nitrogens with zero attached hydrogens (tertiary/aromatic N) is 2. The minimum Gasteiger partial charge on any atom is -0.485 e. The van der Waals surface area contributed by atoms with Crippen LogP contribution in [0.3, 0.4) is 0 Å². The van der Waals surface area contributed by atoms with Crippen LogP contribution in [0.5, 0.6) is 0 Å². The van der Waals surface area contributed by atoms with Gasteiger partial charge < -0.3 is 20.3 Å². The number of allylic oxidation sites excluding steroid dienone is 2. The molecule has 1 saturated carbocycles. The standard InChI is InChI=1S/C26H29N3O3S/c1-18(23-16-29-25(33-23)21-7-12-31-13-8-21)14-22(24(27)28-2)32-17-20-5-3-4-19(15-20)6-9-26(30)10-11-26/h3-5,14-16,21,30H,2,7-8,10-13,17,27H2,1H3/b18-14+,24-22+. The fraction of sp³-hybridized carbons (Fsp3) is 0.385. The van der Waals surface area contributed by atoms with Crippen LogP contribution in [0.15, 0.2) is 53.1 Å². The number of aliphatic imine (C=N–C) groups is 1. The first kappa shape index (κ1) is 23.2. The summed E-state index contributed by atoms with van der Waals surface area (Å²) in [6.45, 7) is 7.46. The molecule has 2 heterocycles. The zero-order valence-electron chi connectivity index (χ0n) is 18.8. The van der Waals surface area contributed by atoms with E-state index in [9.17, 15) is 5.11 Å². The van der Waals surface area contributed by atoms with Crippen LogP contribution in [0.2, 0.25) is 0 Å². The molecule has 6 nitrogen and oxygen atoms in total. The Morgan fingerprint density at radius 2 is 2.21 bits per heavy atom. The van der Waals surface area contributed by atoms with E-state index in [1.165, 1.54) is 0 Å². The predicted molar refractivity (Wildman–Crippen MR) is 132 cm³/mol. The van der Waals surface area contributed by atoms with E-state index in [4.69, 9.17) is 15.2 Å². The topological polar surface area (TPSA) is 90.0 Å². The van der Waals surface area contributed by atoms with Gasteiger partial charge >= 0.3 is 0 Å². The molecule has 1 aromatic carbocycles. The van der Waals surface area contributed by atoms with E-state index in [0.717, 1.165) is 65.5 Å². The third-order valence-electron chi connectivity index (χ3n) is 5.74. The van der Waals surface area contributed by atoms with Gasteiger partial charge in [0.05, 0.1) is 9.88 Å². The quantitative estimate of drug-likeness (QED) is 0.276. The Bertz CT molecular complexity index is 1130. The molecule has 1 aliphatic carbocycles. The smallest absolute Gasteiger partial charge is 0.165 e. The summed E-state index contributed by atoms with van der Waals surface area (Å²) in [5.74, 6) is 7.14. The van der Waals surface area contributed by atoms with Crippen LogP contribution in [0.25, 0.3) is 5.57 Å². The van der Waals surface area contributed by atoms with Crippen LogP contribution >= 0.6 is 11.3 Å². The Labute approximate surface area is 198 Å². The normalized spacial score (nSPS) is 18.7. The highest BCUT2D eigenvalue weighted by atomic mass is 32.1. The maximum Gasteiger partial charge on any atom is 0.165 e. The van der Waals surface area contributed by atoms with Crippen molar-refractivity contribution in [1.29, 1.82) is 0 Å². The van der Waals surface area contributed by atoms with Crippen molar-refractivity contribution in [1.82, 2.24) is 4.98 Å². The van der Waals surface area contributed by atoms with Crippen molar-refractivity contribution >= 4 is 23.6 Å². The largest absolute Gasteiger partial charge is 0.485 e. The molecule has 2 aromatic rings. The van der Waals surface area contributed by atoms with Gasteiger partial charge in [-0.25, -0.2) is 9.98 Å². The Balaban J connectivity index is 1.45. The Hall–Kier alpha value is -2.92. The maximum absolute atomic E-state index is 9.93. The average molecular weight is 464 g/mol. The first-order valence-electron chi connectivity index (χ1n) is 11.1. The lowest BCUT2D eigenvalue weighted by molar-refractivity contribution is 0.0853. The van der Waals surface area contributed by atoms with Gasteiger partial charge in [-0.1, -0.05) is 24.0 Å². The molecule has 4 rings (SSSR count). The van der Waals surface area contributed by atoms with Crippen LogP contribution in [-0.4, -0.2) is 35.6 Å². The Morgan fingerprint density at radius 1 is 1.42 bits per heavy atom. The van der Waals surface area contributed by atoms with E-state index in [1.54, 1.807) is 11.3 Å². The summed E-state index contributed by atoms with van der Waals surface area (Å²) >= 11 is 1.70. The second-order valence-electron chi connectivity index (χ2n) is 8.45. The molecule has 0 atom stereocenters. The van der Waals surface area contributed by atoms with Gasteiger partial charge in [-0.05, 0) is 68.7 Å². The molecule has 172 valence electrons. The number of hydrogen-bond acceptors (Lipinski definition) is 7. The lowest BCUT2D eigenvalue weighted by atomic mass is 10.0. The minimum absolute atomic E-state index is 0.232. The number of benzene rings is 1. The average Bonchev–Trinajstić information content (AvgIpc) is 3.37. The Morgan fingerprint density at radius 3 is 2.94 bits per heavy atom. The molecule has 0 unspecified atom stereocenters. The summed E-state index contributed by atoms with van der Waals surface area (Å²) in [6, 6.07) is 7.76. The molecule has 1 aromatic heterocycles. The van der Waals surface area contributed by atoms with Gasteiger partial charge in [-0.3, -0.25) is 0 Å².